The Kier molecular flexibility index (Phi) is 24.7. The molecule has 0 spiro atoms. The van der Waals surface area contributed by atoms with Gasteiger partial charge in [0.05, 0.1) is 13.2 Å². The average molecular weight is 745 g/mol. The van der Waals surface area contributed by atoms with Crippen LogP contribution in [0.25, 0.3) is 0 Å². The summed E-state index contributed by atoms with van der Waals surface area (Å²) in [5, 5.41) is 15.2. The van der Waals surface area contributed by atoms with Gasteiger partial charge in [-0.3, -0.25) is 13.9 Å². The molecule has 0 amide bonds. The van der Waals surface area contributed by atoms with E-state index in [9.17, 15) is 73.1 Å². The summed E-state index contributed by atoms with van der Waals surface area (Å²) in [6.45, 7) is 3.93. The summed E-state index contributed by atoms with van der Waals surface area (Å²) < 4.78 is 153. The minimum atomic E-state index is -5.10. The van der Waals surface area contributed by atoms with Crippen molar-refractivity contribution in [3.63, 3.8) is 0 Å². The number of carboxylic acid groups (broad SMARTS) is 2. The zero-order valence-corrected chi connectivity index (χ0v) is 24.4. The molecule has 0 aromatic carbocycles. The van der Waals surface area contributed by atoms with Gasteiger partial charge < -0.3 is 34.6 Å². The van der Waals surface area contributed by atoms with Crippen molar-refractivity contribution in [2.24, 2.45) is 0 Å². The molecular weight excluding hydrogens is 719 g/mol. The number of halogens is 9. The number of hydrogen-bond acceptors (Lipinski definition) is 13. The van der Waals surface area contributed by atoms with Gasteiger partial charge in [0.15, 0.2) is 0 Å². The maximum atomic E-state index is 12.6. The Balaban J connectivity index is -0.000000119. The van der Waals surface area contributed by atoms with Crippen molar-refractivity contribution in [3.05, 3.63) is 0 Å². The van der Waals surface area contributed by atoms with Crippen LogP contribution in [0.15, 0.2) is 0 Å². The SMILES string of the molecule is CC(=O)C(F)(F)F.CC1(C(F)(F)F)OC(=O)C(F)C(=O)O1.CCOC(=O)C(F)C(=O)OCC.O.O=C(O)C(F)C(=O)O.O=S(=O)(O)O.[H+]. The Morgan fingerprint density at radius 2 is 1.11 bits per heavy atom. The van der Waals surface area contributed by atoms with E-state index < -0.39 is 88.7 Å². The fraction of sp³-hybridized carbons (Fsp3) is 0.632. The van der Waals surface area contributed by atoms with Crippen LogP contribution in [0, 0.1) is 0 Å². The summed E-state index contributed by atoms with van der Waals surface area (Å²) in [6.07, 6.45) is -17.7. The quantitative estimate of drug-likeness (QED) is 0.0941. The van der Waals surface area contributed by atoms with Crippen molar-refractivity contribution in [2.75, 3.05) is 13.2 Å². The Hall–Kier alpha value is -4.31. The first-order valence-electron chi connectivity index (χ1n) is 10.8. The van der Waals surface area contributed by atoms with Crippen LogP contribution in [-0.4, -0.2) is 125 Å². The molecule has 278 valence electrons. The average Bonchev–Trinajstić information content (AvgIpc) is 2.85. The van der Waals surface area contributed by atoms with Crippen LogP contribution in [0.1, 0.15) is 29.1 Å². The number of esters is 4. The monoisotopic (exact) mass is 745 g/mol. The minimum Gasteiger partial charge on any atom is -0.479 e. The maximum absolute atomic E-state index is 12.6. The molecule has 28 heteroatoms. The van der Waals surface area contributed by atoms with E-state index in [0.717, 1.165) is 0 Å². The number of ether oxygens (including phenoxy) is 4. The van der Waals surface area contributed by atoms with Gasteiger partial charge in [0.2, 0.25) is 5.78 Å². The van der Waals surface area contributed by atoms with Crippen molar-refractivity contribution in [1.82, 2.24) is 0 Å². The lowest BCUT2D eigenvalue weighted by atomic mass is 10.2. The highest BCUT2D eigenvalue weighted by Crippen LogP contribution is 2.37. The molecule has 0 radical (unpaired) electrons. The molecule has 0 unspecified atom stereocenters. The molecule has 0 saturated carbocycles. The number of carbonyl (C=O) groups is 7. The first kappa shape index (κ1) is 52.2. The third-order valence-electron chi connectivity index (χ3n) is 3.34. The molecule has 6 N–H and O–H groups in total. The fourth-order valence-electron chi connectivity index (χ4n) is 1.35. The van der Waals surface area contributed by atoms with E-state index in [1.165, 1.54) is 13.8 Å². The molecule has 0 bridgehead atoms. The van der Waals surface area contributed by atoms with Crippen LogP contribution >= 0.6 is 0 Å². The van der Waals surface area contributed by atoms with Crippen LogP contribution in [0.2, 0.25) is 0 Å². The number of alkyl halides is 9. The van der Waals surface area contributed by atoms with Gasteiger partial charge in [-0.15, -0.1) is 0 Å². The number of ketones is 1. The molecule has 1 heterocycles. The van der Waals surface area contributed by atoms with Gasteiger partial charge in [0.1, 0.15) is 0 Å². The highest BCUT2D eigenvalue weighted by molar-refractivity contribution is 7.79. The van der Waals surface area contributed by atoms with Crippen LogP contribution in [0.5, 0.6) is 0 Å². The topological polar surface area (TPSA) is 303 Å². The van der Waals surface area contributed by atoms with Gasteiger partial charge >= 0.3 is 65.8 Å². The molecule has 1 rings (SSSR count). The summed E-state index contributed by atoms with van der Waals surface area (Å²) >= 11 is 0. The first-order valence-corrected chi connectivity index (χ1v) is 12.2. The second-order valence-electron chi connectivity index (χ2n) is 7.06. The van der Waals surface area contributed by atoms with E-state index in [4.69, 9.17) is 27.7 Å². The van der Waals surface area contributed by atoms with E-state index in [1.54, 1.807) is 0 Å². The van der Waals surface area contributed by atoms with Crippen LogP contribution in [0.3, 0.4) is 0 Å². The maximum Gasteiger partial charge on any atom is 1.00 e. The second-order valence-corrected chi connectivity index (χ2v) is 7.95. The predicted octanol–water partition coefficient (Wildman–Crippen LogP) is 0.420. The van der Waals surface area contributed by atoms with Gasteiger partial charge in [-0.1, -0.05) is 0 Å². The smallest absolute Gasteiger partial charge is 0.479 e. The molecule has 1 aliphatic heterocycles. The second kappa shape index (κ2) is 22.3. The number of cyclic esters (lactones) is 2. The van der Waals surface area contributed by atoms with Gasteiger partial charge in [0, 0.05) is 13.8 Å². The Morgan fingerprint density at radius 3 is 1.26 bits per heavy atom. The van der Waals surface area contributed by atoms with Crippen LogP contribution in [0.4, 0.5) is 39.5 Å². The number of aliphatic carboxylic acids is 2. The number of carboxylic acids is 2. The van der Waals surface area contributed by atoms with Crippen LogP contribution < -0.4 is 0 Å². The van der Waals surface area contributed by atoms with Crippen molar-refractivity contribution in [3.8, 4) is 0 Å². The molecule has 0 aromatic rings. The molecule has 18 nitrogen and oxygen atoms in total. The molecule has 1 saturated heterocycles. The lowest BCUT2D eigenvalue weighted by Gasteiger charge is -2.34. The van der Waals surface area contributed by atoms with E-state index in [0.29, 0.717) is 13.8 Å². The molecule has 0 aromatic heterocycles. The molecule has 0 atom stereocenters. The zero-order valence-electron chi connectivity index (χ0n) is 24.6. The Bertz CT molecular complexity index is 1120. The third kappa shape index (κ3) is 25.6. The molecule has 1 fully saturated rings. The number of Topliss-reactive ketones (excluding diaryl/α,β-unsaturated/α-hetero) is 1. The molecular formula is C19H26F9O18S+. The van der Waals surface area contributed by atoms with Gasteiger partial charge in [-0.25, -0.2) is 41.9 Å². The van der Waals surface area contributed by atoms with Gasteiger partial charge in [-0.2, -0.15) is 34.8 Å². The number of hydrogen-bond donors (Lipinski definition) is 4. The lowest BCUT2D eigenvalue weighted by Crippen LogP contribution is -2.57. The zero-order chi connectivity index (χ0) is 38.0. The van der Waals surface area contributed by atoms with Crippen molar-refractivity contribution in [1.29, 1.82) is 0 Å². The van der Waals surface area contributed by atoms with E-state index in [1.807, 2.05) is 0 Å². The van der Waals surface area contributed by atoms with Crippen LogP contribution in [-0.2, 0) is 62.9 Å². The normalized spacial score (nSPS) is 17.0. The highest BCUT2D eigenvalue weighted by atomic mass is 32.3. The summed E-state index contributed by atoms with van der Waals surface area (Å²) in [5.41, 5.74) is 0. The van der Waals surface area contributed by atoms with Gasteiger partial charge in [-0.05, 0) is 13.8 Å². The summed E-state index contributed by atoms with van der Waals surface area (Å²) in [5.74, 6) is -15.3. The minimum absolute atomic E-state index is 0. The lowest BCUT2D eigenvalue weighted by molar-refractivity contribution is -0.357. The number of carbonyl (C=O) groups excluding carboxylic acids is 5. The predicted molar refractivity (Wildman–Crippen MR) is 126 cm³/mol. The summed E-state index contributed by atoms with van der Waals surface area (Å²) in [4.78, 5) is 70.2. The van der Waals surface area contributed by atoms with E-state index in [2.05, 4.69) is 18.9 Å². The number of rotatable bonds is 6. The van der Waals surface area contributed by atoms with E-state index in [-0.39, 0.29) is 20.1 Å². The Morgan fingerprint density at radius 1 is 0.851 bits per heavy atom. The molecule has 47 heavy (non-hydrogen) atoms. The fourth-order valence-corrected chi connectivity index (χ4v) is 1.35. The van der Waals surface area contributed by atoms with Crippen molar-refractivity contribution < 1.29 is 127 Å². The standard InChI is InChI=1S/C7H11FO4.C6H4F4O4.C3H3F3O.C3H3FO4.H2O4S.H2O/c1-3-11-6(9)5(8)7(10)12-4-2;1-5(6(8,9)10)13-3(11)2(7)4(12)14-5;1-2(7)3(4,5)6;4-1(2(5)6)3(7)8;1-5(2,3)4;/h5H,3-4H2,1-2H3;2H,1H3;1H3;1H,(H,5,6)(H,7,8);(H2,1,2,3,4);1H2/p+1. The van der Waals surface area contributed by atoms with Gasteiger partial charge in [0.25, 0.3) is 18.5 Å². The Labute approximate surface area is 257 Å². The van der Waals surface area contributed by atoms with Crippen molar-refractivity contribution in [2.45, 2.75) is 64.3 Å². The van der Waals surface area contributed by atoms with E-state index >= 15 is 0 Å². The largest absolute Gasteiger partial charge is 1.00 e. The first-order chi connectivity index (χ1) is 20.3. The summed E-state index contributed by atoms with van der Waals surface area (Å²) in [7, 11) is -4.67. The highest BCUT2D eigenvalue weighted by Gasteiger charge is 2.63. The van der Waals surface area contributed by atoms with Crippen molar-refractivity contribution >= 4 is 52.0 Å². The third-order valence-corrected chi connectivity index (χ3v) is 3.34. The molecule has 1 aliphatic rings. The summed E-state index contributed by atoms with van der Waals surface area (Å²) in [6, 6.07) is 0. The molecule has 0 aliphatic carbocycles.